The Labute approximate surface area is 186 Å². The van der Waals surface area contributed by atoms with Gasteiger partial charge in [0.1, 0.15) is 17.1 Å². The predicted octanol–water partition coefficient (Wildman–Crippen LogP) is 3.96. The number of carbonyl (C=O) groups excluding carboxylic acids is 1. The molecule has 0 saturated heterocycles. The van der Waals surface area contributed by atoms with Gasteiger partial charge in [0.15, 0.2) is 5.82 Å². The molecule has 32 heavy (non-hydrogen) atoms. The summed E-state index contributed by atoms with van der Waals surface area (Å²) in [5.41, 5.74) is 3.25. The molecular formula is C22H19ClFN7O. The van der Waals surface area contributed by atoms with Crippen LogP contribution in [0.15, 0.2) is 42.5 Å². The number of pyridine rings is 1. The molecule has 3 aliphatic carbocycles. The number of allylic oxidation sites excluding steroid dienone is 1. The number of H-pyrrole nitrogens is 1. The van der Waals surface area contributed by atoms with Crippen molar-refractivity contribution in [2.45, 2.75) is 24.9 Å². The van der Waals surface area contributed by atoms with Crippen LogP contribution in [-0.4, -0.2) is 43.6 Å². The van der Waals surface area contributed by atoms with Crippen molar-refractivity contribution in [2.75, 3.05) is 7.05 Å². The quantitative estimate of drug-likeness (QED) is 0.410. The molecule has 0 radical (unpaired) electrons. The zero-order valence-electron chi connectivity index (χ0n) is 17.1. The van der Waals surface area contributed by atoms with Gasteiger partial charge in [-0.25, -0.2) is 24.1 Å². The molecule has 0 spiro atoms. The maximum absolute atomic E-state index is 13.8. The van der Waals surface area contributed by atoms with Crippen molar-refractivity contribution in [3.8, 4) is 11.4 Å². The fraction of sp³-hybridized carbons (Fsp3) is 0.273. The lowest BCUT2D eigenvalue weighted by Crippen LogP contribution is -2.53. The van der Waals surface area contributed by atoms with E-state index in [1.165, 1.54) is 17.8 Å². The second kappa shape index (κ2) is 7.03. The first-order valence-corrected chi connectivity index (χ1v) is 10.7. The number of hydrogen-bond acceptors (Lipinski definition) is 4. The van der Waals surface area contributed by atoms with E-state index < -0.39 is 5.82 Å². The van der Waals surface area contributed by atoms with Crippen LogP contribution in [0.3, 0.4) is 0 Å². The zero-order valence-corrected chi connectivity index (χ0v) is 17.8. The van der Waals surface area contributed by atoms with Crippen LogP contribution >= 0.6 is 11.6 Å². The van der Waals surface area contributed by atoms with E-state index in [0.29, 0.717) is 39.0 Å². The summed E-state index contributed by atoms with van der Waals surface area (Å²) in [7, 11) is 1.61. The second-order valence-electron chi connectivity index (χ2n) is 8.30. The fourth-order valence-corrected chi connectivity index (χ4v) is 5.06. The van der Waals surface area contributed by atoms with Crippen LogP contribution in [0.5, 0.6) is 0 Å². The van der Waals surface area contributed by atoms with Gasteiger partial charge in [-0.15, -0.1) is 0 Å². The summed E-state index contributed by atoms with van der Waals surface area (Å²) in [5.74, 6) is 0.385. The van der Waals surface area contributed by atoms with Gasteiger partial charge in [-0.3, -0.25) is 0 Å². The highest BCUT2D eigenvalue weighted by atomic mass is 35.5. The van der Waals surface area contributed by atoms with E-state index in [4.69, 9.17) is 16.6 Å². The van der Waals surface area contributed by atoms with Crippen LogP contribution in [0, 0.1) is 11.7 Å². The van der Waals surface area contributed by atoms with Crippen molar-refractivity contribution in [2.24, 2.45) is 5.92 Å². The fourth-order valence-electron chi connectivity index (χ4n) is 4.82. The van der Waals surface area contributed by atoms with Crippen LogP contribution in [-0.2, 0) is 0 Å². The third-order valence-electron chi connectivity index (χ3n) is 6.44. The summed E-state index contributed by atoms with van der Waals surface area (Å²) >= 11 is 6.53. The number of rotatable bonds is 3. The van der Waals surface area contributed by atoms with Crippen LogP contribution in [0.2, 0.25) is 5.02 Å². The minimum absolute atomic E-state index is 0.0797. The number of fused-ring (bicyclic) bond motifs is 4. The lowest BCUT2D eigenvalue weighted by molar-refractivity contribution is 0.200. The molecule has 7 rings (SSSR count). The molecule has 0 aliphatic heterocycles. The van der Waals surface area contributed by atoms with E-state index in [1.54, 1.807) is 19.4 Å². The van der Waals surface area contributed by atoms with Gasteiger partial charge in [0.25, 0.3) is 0 Å². The van der Waals surface area contributed by atoms with Crippen LogP contribution in [0.25, 0.3) is 33.5 Å². The number of aromatic nitrogens is 5. The summed E-state index contributed by atoms with van der Waals surface area (Å²) in [6.07, 6.45) is 10.6. The molecule has 3 N–H and O–H groups in total. The summed E-state index contributed by atoms with van der Waals surface area (Å²) in [6, 6.07) is 1.00. The first kappa shape index (κ1) is 19.2. The van der Waals surface area contributed by atoms with Gasteiger partial charge < -0.3 is 20.2 Å². The Balaban J connectivity index is 1.49. The van der Waals surface area contributed by atoms with Gasteiger partial charge in [0.2, 0.25) is 0 Å². The van der Waals surface area contributed by atoms with Gasteiger partial charge >= 0.3 is 6.03 Å². The first-order valence-electron chi connectivity index (χ1n) is 10.4. The van der Waals surface area contributed by atoms with Crippen molar-refractivity contribution >= 4 is 39.7 Å². The van der Waals surface area contributed by atoms with Gasteiger partial charge in [-0.1, -0.05) is 23.3 Å². The topological polar surface area (TPSA) is 101 Å². The third-order valence-corrected chi connectivity index (χ3v) is 6.74. The van der Waals surface area contributed by atoms with Gasteiger partial charge in [0, 0.05) is 36.6 Å². The monoisotopic (exact) mass is 451 g/mol. The molecule has 0 unspecified atom stereocenters. The minimum atomic E-state index is -0.429. The van der Waals surface area contributed by atoms with E-state index in [9.17, 15) is 9.18 Å². The molecule has 2 atom stereocenters. The van der Waals surface area contributed by atoms with Crippen LogP contribution < -0.4 is 10.6 Å². The summed E-state index contributed by atoms with van der Waals surface area (Å²) in [4.78, 5) is 28.5. The largest absolute Gasteiger partial charge is 0.345 e. The predicted molar refractivity (Wildman–Crippen MR) is 119 cm³/mol. The molecule has 4 aromatic heterocycles. The second-order valence-corrected chi connectivity index (χ2v) is 8.71. The number of carbonyl (C=O) groups is 1. The molecule has 2 bridgehead atoms. The highest BCUT2D eigenvalue weighted by Gasteiger charge is 2.42. The Bertz CT molecular complexity index is 1420. The van der Waals surface area contributed by atoms with Crippen molar-refractivity contribution in [3.63, 3.8) is 0 Å². The number of urea groups is 1. The normalized spacial score (nSPS) is 22.0. The molecule has 4 heterocycles. The highest BCUT2D eigenvalue weighted by molar-refractivity contribution is 6.35. The number of amides is 2. The molecule has 3 aliphatic rings. The third kappa shape index (κ3) is 2.88. The summed E-state index contributed by atoms with van der Waals surface area (Å²) < 4.78 is 15.8. The van der Waals surface area contributed by atoms with Gasteiger partial charge in [0.05, 0.1) is 28.7 Å². The zero-order chi connectivity index (χ0) is 22.0. The molecule has 1 fully saturated rings. The number of hydrogen-bond donors (Lipinski definition) is 3. The molecule has 1 saturated carbocycles. The summed E-state index contributed by atoms with van der Waals surface area (Å²) in [6.45, 7) is 0. The van der Waals surface area contributed by atoms with Crippen molar-refractivity contribution in [3.05, 3.63) is 53.3 Å². The van der Waals surface area contributed by atoms with E-state index in [0.717, 1.165) is 18.2 Å². The Hall–Kier alpha value is -3.46. The average molecular weight is 452 g/mol. The Morgan fingerprint density at radius 2 is 2.12 bits per heavy atom. The molecular weight excluding hydrogens is 433 g/mol. The van der Waals surface area contributed by atoms with Gasteiger partial charge in [-0.2, -0.15) is 0 Å². The SMILES string of the molecule is CNC(=O)N[C@H]1C2CC(=C[C@@H]1n1cc(Cl)c3cnc(-c4c[nH]c5ncc(F)cc45)nc31)C2. The number of aromatic amines is 1. The molecule has 8 nitrogen and oxygen atoms in total. The maximum Gasteiger partial charge on any atom is 0.314 e. The van der Waals surface area contributed by atoms with Crippen LogP contribution in [0.1, 0.15) is 18.9 Å². The highest BCUT2D eigenvalue weighted by Crippen LogP contribution is 2.46. The van der Waals surface area contributed by atoms with Crippen molar-refractivity contribution < 1.29 is 9.18 Å². The summed E-state index contributed by atoms with van der Waals surface area (Å²) in [5, 5.41) is 7.60. The van der Waals surface area contributed by atoms with Crippen LogP contribution in [0.4, 0.5) is 9.18 Å². The average Bonchev–Trinajstić information content (AvgIpc) is 3.33. The maximum atomic E-state index is 13.8. The van der Waals surface area contributed by atoms with E-state index in [-0.39, 0.29) is 18.1 Å². The van der Waals surface area contributed by atoms with E-state index in [2.05, 4.69) is 31.7 Å². The Morgan fingerprint density at radius 3 is 2.94 bits per heavy atom. The number of halogens is 2. The molecule has 4 aromatic rings. The molecule has 162 valence electrons. The number of nitrogens with zero attached hydrogens (tertiary/aromatic N) is 4. The van der Waals surface area contributed by atoms with Crippen molar-refractivity contribution in [1.29, 1.82) is 0 Å². The Morgan fingerprint density at radius 1 is 1.28 bits per heavy atom. The van der Waals surface area contributed by atoms with Crippen molar-refractivity contribution in [1.82, 2.24) is 35.1 Å². The number of nitrogens with one attached hydrogen (secondary N) is 3. The van der Waals surface area contributed by atoms with E-state index >= 15 is 0 Å². The lowest BCUT2D eigenvalue weighted by atomic mass is 9.67. The van der Waals surface area contributed by atoms with Gasteiger partial charge in [-0.05, 0) is 24.8 Å². The first-order chi connectivity index (χ1) is 15.5. The standard InChI is InChI=1S/C22H19ClFN7O/c1-25-22(32)29-18-11-2-10(3-11)4-17(18)31-9-16(23)15-8-28-20(30-21(15)31)14-7-27-19-13(14)5-12(24)6-26-19/h4-9,11,17-18H,2-3H2,1H3,(H,26,27)(H2,25,29,32)/t17-,18-/m0/s1. The molecule has 10 heteroatoms. The molecule has 0 aromatic carbocycles. The lowest BCUT2D eigenvalue weighted by Gasteiger charge is -2.45. The minimum Gasteiger partial charge on any atom is -0.345 e. The Kier molecular flexibility index (Phi) is 4.23. The van der Waals surface area contributed by atoms with E-state index in [1.807, 2.05) is 10.8 Å². The molecule has 2 amide bonds. The smallest absolute Gasteiger partial charge is 0.314 e.